The Morgan fingerprint density at radius 2 is 2.14 bits per heavy atom. The van der Waals surface area contributed by atoms with Crippen molar-refractivity contribution in [1.82, 2.24) is 14.5 Å². The van der Waals surface area contributed by atoms with Gasteiger partial charge in [0.2, 0.25) is 0 Å². The number of hydrogen-bond acceptors (Lipinski definition) is 5. The molecular formula is C15H26N4OS. The summed E-state index contributed by atoms with van der Waals surface area (Å²) in [7, 11) is 0. The van der Waals surface area contributed by atoms with Gasteiger partial charge in [0, 0.05) is 18.0 Å². The Bertz CT molecular complexity index is 494. The highest BCUT2D eigenvalue weighted by molar-refractivity contribution is 7.08. The molecule has 2 rings (SSSR count). The van der Waals surface area contributed by atoms with E-state index in [4.69, 9.17) is 5.73 Å². The van der Waals surface area contributed by atoms with Gasteiger partial charge in [0.1, 0.15) is 4.88 Å². The molecule has 0 radical (unpaired) electrons. The first-order valence-corrected chi connectivity index (χ1v) is 8.51. The SMILES string of the molecule is CCN(C(=O)c1snnc1C(C)(C)C)C1CCCC1CN. The van der Waals surface area contributed by atoms with Crippen molar-refractivity contribution in [3.8, 4) is 0 Å². The summed E-state index contributed by atoms with van der Waals surface area (Å²) >= 11 is 1.21. The zero-order chi connectivity index (χ0) is 15.6. The van der Waals surface area contributed by atoms with Crippen molar-refractivity contribution < 1.29 is 4.79 Å². The summed E-state index contributed by atoms with van der Waals surface area (Å²) in [6.07, 6.45) is 3.33. The van der Waals surface area contributed by atoms with Crippen LogP contribution in [0.1, 0.15) is 62.3 Å². The first-order chi connectivity index (χ1) is 9.90. The Hall–Kier alpha value is -1.01. The molecule has 2 atom stereocenters. The molecule has 0 aromatic carbocycles. The van der Waals surface area contributed by atoms with Crippen molar-refractivity contribution in [2.45, 2.75) is 58.4 Å². The molecule has 5 nitrogen and oxygen atoms in total. The van der Waals surface area contributed by atoms with Crippen molar-refractivity contribution in [2.24, 2.45) is 11.7 Å². The van der Waals surface area contributed by atoms with E-state index in [9.17, 15) is 4.79 Å². The van der Waals surface area contributed by atoms with Crippen LogP contribution in [-0.2, 0) is 5.41 Å². The average molecular weight is 310 g/mol. The molecule has 1 fully saturated rings. The molecule has 21 heavy (non-hydrogen) atoms. The van der Waals surface area contributed by atoms with Gasteiger partial charge in [0.15, 0.2) is 0 Å². The molecular weight excluding hydrogens is 284 g/mol. The molecule has 2 N–H and O–H groups in total. The molecule has 2 unspecified atom stereocenters. The molecule has 118 valence electrons. The predicted octanol–water partition coefficient (Wildman–Crippen LogP) is 2.43. The van der Waals surface area contributed by atoms with E-state index in [1.807, 2.05) is 11.8 Å². The number of rotatable bonds is 4. The van der Waals surface area contributed by atoms with Gasteiger partial charge in [-0.15, -0.1) is 5.10 Å². The molecule has 1 heterocycles. The summed E-state index contributed by atoms with van der Waals surface area (Å²) in [5, 5.41) is 4.19. The van der Waals surface area contributed by atoms with Crippen LogP contribution >= 0.6 is 11.5 Å². The number of aromatic nitrogens is 2. The van der Waals surface area contributed by atoms with Crippen LogP contribution in [0.5, 0.6) is 0 Å². The Morgan fingerprint density at radius 3 is 2.71 bits per heavy atom. The molecule has 1 aliphatic carbocycles. The Kier molecular flexibility index (Phi) is 4.99. The maximum absolute atomic E-state index is 13.0. The molecule has 0 aliphatic heterocycles. The summed E-state index contributed by atoms with van der Waals surface area (Å²) in [4.78, 5) is 15.6. The Morgan fingerprint density at radius 1 is 1.43 bits per heavy atom. The lowest BCUT2D eigenvalue weighted by atomic mass is 9.91. The highest BCUT2D eigenvalue weighted by atomic mass is 32.1. The smallest absolute Gasteiger partial charge is 0.267 e. The highest BCUT2D eigenvalue weighted by Crippen LogP contribution is 2.32. The Balaban J connectivity index is 2.27. The molecule has 1 amide bonds. The molecule has 0 spiro atoms. The van der Waals surface area contributed by atoms with Gasteiger partial charge in [-0.3, -0.25) is 4.79 Å². The van der Waals surface area contributed by atoms with Gasteiger partial charge >= 0.3 is 0 Å². The quantitative estimate of drug-likeness (QED) is 0.927. The van der Waals surface area contributed by atoms with Crippen molar-refractivity contribution >= 4 is 17.4 Å². The van der Waals surface area contributed by atoms with Crippen LogP contribution in [0.3, 0.4) is 0 Å². The third kappa shape index (κ3) is 3.26. The van der Waals surface area contributed by atoms with Gasteiger partial charge < -0.3 is 10.6 Å². The summed E-state index contributed by atoms with van der Waals surface area (Å²) in [5.74, 6) is 0.496. The summed E-state index contributed by atoms with van der Waals surface area (Å²) in [5.41, 5.74) is 6.51. The van der Waals surface area contributed by atoms with Crippen molar-refractivity contribution in [3.63, 3.8) is 0 Å². The highest BCUT2D eigenvalue weighted by Gasteiger charge is 2.36. The van der Waals surface area contributed by atoms with E-state index in [1.165, 1.54) is 11.5 Å². The molecule has 1 aromatic heterocycles. The van der Waals surface area contributed by atoms with Gasteiger partial charge in [-0.05, 0) is 43.8 Å². The second-order valence-corrected chi connectivity index (χ2v) is 7.54. The van der Waals surface area contributed by atoms with Crippen molar-refractivity contribution in [3.05, 3.63) is 10.6 Å². The van der Waals surface area contributed by atoms with Gasteiger partial charge in [-0.2, -0.15) is 0 Å². The fourth-order valence-corrected chi connectivity index (χ4v) is 4.02. The maximum Gasteiger partial charge on any atom is 0.267 e. The van der Waals surface area contributed by atoms with E-state index >= 15 is 0 Å². The molecule has 1 saturated carbocycles. The standard InChI is InChI=1S/C15H26N4OS/c1-5-19(11-8-6-7-10(11)9-16)14(20)12-13(15(2,3)4)17-18-21-12/h10-11H,5-9,16H2,1-4H3. The van der Waals surface area contributed by atoms with Crippen LogP contribution in [0.25, 0.3) is 0 Å². The summed E-state index contributed by atoms with van der Waals surface area (Å²) in [6, 6.07) is 0.266. The second kappa shape index (κ2) is 6.40. The summed E-state index contributed by atoms with van der Waals surface area (Å²) < 4.78 is 4.01. The lowest BCUT2D eigenvalue weighted by Gasteiger charge is -2.32. The number of carbonyl (C=O) groups excluding carboxylic acids is 1. The number of carbonyl (C=O) groups is 1. The van der Waals surface area contributed by atoms with Crippen LogP contribution in [-0.4, -0.2) is 39.5 Å². The van der Waals surface area contributed by atoms with E-state index in [-0.39, 0.29) is 17.4 Å². The van der Waals surface area contributed by atoms with Crippen LogP contribution in [0.4, 0.5) is 0 Å². The van der Waals surface area contributed by atoms with Crippen LogP contribution in [0.2, 0.25) is 0 Å². The lowest BCUT2D eigenvalue weighted by Crippen LogP contribution is -2.44. The normalized spacial score (nSPS) is 22.5. The molecule has 1 aromatic rings. The van der Waals surface area contributed by atoms with Crippen LogP contribution in [0, 0.1) is 5.92 Å². The predicted molar refractivity (Wildman–Crippen MR) is 85.5 cm³/mol. The number of amides is 1. The number of hydrogen-bond donors (Lipinski definition) is 1. The second-order valence-electron chi connectivity index (χ2n) is 6.79. The van der Waals surface area contributed by atoms with Crippen LogP contribution < -0.4 is 5.73 Å². The van der Waals surface area contributed by atoms with Crippen LogP contribution in [0.15, 0.2) is 0 Å². The lowest BCUT2D eigenvalue weighted by molar-refractivity contribution is 0.0654. The Labute approximate surface area is 131 Å². The van der Waals surface area contributed by atoms with E-state index in [1.54, 1.807) is 0 Å². The number of nitrogens with two attached hydrogens (primary N) is 1. The van der Waals surface area contributed by atoms with Gasteiger partial charge in [0.25, 0.3) is 5.91 Å². The van der Waals surface area contributed by atoms with E-state index < -0.39 is 0 Å². The minimum absolute atomic E-state index is 0.0720. The molecule has 0 bridgehead atoms. The maximum atomic E-state index is 13.0. The van der Waals surface area contributed by atoms with E-state index in [0.29, 0.717) is 23.9 Å². The average Bonchev–Trinajstić information content (AvgIpc) is 3.07. The molecule has 0 saturated heterocycles. The zero-order valence-corrected chi connectivity index (χ0v) is 14.2. The van der Waals surface area contributed by atoms with E-state index in [2.05, 4.69) is 30.4 Å². The van der Waals surface area contributed by atoms with E-state index in [0.717, 1.165) is 25.0 Å². The topological polar surface area (TPSA) is 72.1 Å². The van der Waals surface area contributed by atoms with Crippen molar-refractivity contribution in [1.29, 1.82) is 0 Å². The molecule has 6 heteroatoms. The molecule has 1 aliphatic rings. The van der Waals surface area contributed by atoms with Gasteiger partial charge in [0.05, 0.1) is 5.69 Å². The third-order valence-corrected chi connectivity index (χ3v) is 5.03. The summed E-state index contributed by atoms with van der Waals surface area (Å²) in [6.45, 7) is 9.59. The third-order valence-electron chi connectivity index (χ3n) is 4.32. The fraction of sp³-hybridized carbons (Fsp3) is 0.800. The minimum atomic E-state index is -0.166. The van der Waals surface area contributed by atoms with Gasteiger partial charge in [-0.1, -0.05) is 31.7 Å². The first-order valence-electron chi connectivity index (χ1n) is 7.74. The van der Waals surface area contributed by atoms with Gasteiger partial charge in [-0.25, -0.2) is 0 Å². The first kappa shape index (κ1) is 16.4. The minimum Gasteiger partial charge on any atom is -0.335 e. The fourth-order valence-electron chi connectivity index (χ4n) is 3.18. The largest absolute Gasteiger partial charge is 0.335 e. The van der Waals surface area contributed by atoms with Crippen molar-refractivity contribution in [2.75, 3.05) is 13.1 Å². The number of nitrogens with zero attached hydrogens (tertiary/aromatic N) is 3. The monoisotopic (exact) mass is 310 g/mol. The zero-order valence-electron chi connectivity index (χ0n) is 13.4.